The van der Waals surface area contributed by atoms with Crippen LogP contribution in [-0.4, -0.2) is 18.5 Å². The van der Waals surface area contributed by atoms with Crippen LogP contribution in [0, 0.1) is 11.8 Å². The lowest BCUT2D eigenvalue weighted by Gasteiger charge is -2.16. The monoisotopic (exact) mass is 212 g/mol. The largest absolute Gasteiger partial charge is 0.356 e. The minimum Gasteiger partial charge on any atom is -0.356 e. The van der Waals surface area contributed by atoms with Crippen molar-refractivity contribution >= 4 is 5.91 Å². The van der Waals surface area contributed by atoms with Gasteiger partial charge in [0.05, 0.1) is 0 Å². The Kier molecular flexibility index (Phi) is 5.09. The molecule has 1 aliphatic rings. The lowest BCUT2D eigenvalue weighted by Crippen LogP contribution is -2.36. The van der Waals surface area contributed by atoms with Gasteiger partial charge >= 0.3 is 0 Å². The van der Waals surface area contributed by atoms with E-state index in [4.69, 9.17) is 5.73 Å². The smallest absolute Gasteiger partial charge is 0.220 e. The highest BCUT2D eigenvalue weighted by Gasteiger charge is 2.24. The van der Waals surface area contributed by atoms with Crippen molar-refractivity contribution in [2.75, 3.05) is 6.54 Å². The minimum atomic E-state index is 0.184. The summed E-state index contributed by atoms with van der Waals surface area (Å²) in [5.41, 5.74) is 5.94. The van der Waals surface area contributed by atoms with E-state index in [-0.39, 0.29) is 5.91 Å². The van der Waals surface area contributed by atoms with Crippen molar-refractivity contribution in [3.63, 3.8) is 0 Å². The molecule has 3 unspecified atom stereocenters. The molecule has 88 valence electrons. The van der Waals surface area contributed by atoms with Crippen molar-refractivity contribution in [2.24, 2.45) is 17.6 Å². The molecule has 0 saturated heterocycles. The maximum Gasteiger partial charge on any atom is 0.220 e. The molecular weight excluding hydrogens is 188 g/mol. The number of hydrogen-bond acceptors (Lipinski definition) is 2. The van der Waals surface area contributed by atoms with Crippen molar-refractivity contribution in [3.8, 4) is 0 Å². The first kappa shape index (κ1) is 12.5. The first-order valence-electron chi connectivity index (χ1n) is 6.15. The van der Waals surface area contributed by atoms with E-state index in [1.807, 2.05) is 0 Å². The first-order chi connectivity index (χ1) is 7.13. The van der Waals surface area contributed by atoms with E-state index in [0.717, 1.165) is 19.4 Å². The highest BCUT2D eigenvalue weighted by molar-refractivity contribution is 5.76. The maximum atomic E-state index is 11.5. The van der Waals surface area contributed by atoms with Crippen LogP contribution in [0.4, 0.5) is 0 Å². The van der Waals surface area contributed by atoms with Gasteiger partial charge in [-0.05, 0) is 24.7 Å². The van der Waals surface area contributed by atoms with Crippen LogP contribution in [0.25, 0.3) is 0 Å². The fourth-order valence-corrected chi connectivity index (χ4v) is 2.10. The lowest BCUT2D eigenvalue weighted by molar-refractivity contribution is -0.122. The quantitative estimate of drug-likeness (QED) is 0.728. The van der Waals surface area contributed by atoms with Crippen LogP contribution < -0.4 is 11.1 Å². The van der Waals surface area contributed by atoms with Crippen LogP contribution in [0.2, 0.25) is 0 Å². The molecule has 0 heterocycles. The summed E-state index contributed by atoms with van der Waals surface area (Å²) in [7, 11) is 0. The summed E-state index contributed by atoms with van der Waals surface area (Å²) in [5, 5.41) is 3.00. The zero-order valence-corrected chi connectivity index (χ0v) is 9.96. The third kappa shape index (κ3) is 4.20. The number of nitrogens with two attached hydrogens (primary N) is 1. The number of carbonyl (C=O) groups is 1. The SMILES string of the molecule is CCC(C)CC(=O)NCC1CCCC1N. The first-order valence-corrected chi connectivity index (χ1v) is 6.15. The molecular formula is C12H24N2O. The second-order valence-corrected chi connectivity index (χ2v) is 4.88. The van der Waals surface area contributed by atoms with Gasteiger partial charge in [0.25, 0.3) is 0 Å². The number of nitrogens with one attached hydrogen (secondary N) is 1. The fourth-order valence-electron chi connectivity index (χ4n) is 2.10. The molecule has 0 bridgehead atoms. The molecule has 0 aromatic heterocycles. The fraction of sp³-hybridized carbons (Fsp3) is 0.917. The molecule has 15 heavy (non-hydrogen) atoms. The van der Waals surface area contributed by atoms with Gasteiger partial charge in [0, 0.05) is 19.0 Å². The van der Waals surface area contributed by atoms with Crippen molar-refractivity contribution in [3.05, 3.63) is 0 Å². The Morgan fingerprint density at radius 1 is 1.53 bits per heavy atom. The molecule has 3 heteroatoms. The molecule has 1 aliphatic carbocycles. The Balaban J connectivity index is 2.16. The van der Waals surface area contributed by atoms with Crippen molar-refractivity contribution in [1.29, 1.82) is 0 Å². The third-order valence-electron chi connectivity index (χ3n) is 3.51. The second kappa shape index (κ2) is 6.11. The number of hydrogen-bond donors (Lipinski definition) is 2. The zero-order chi connectivity index (χ0) is 11.3. The predicted octanol–water partition coefficient (Wildman–Crippen LogP) is 1.67. The summed E-state index contributed by atoms with van der Waals surface area (Å²) >= 11 is 0. The predicted molar refractivity (Wildman–Crippen MR) is 62.4 cm³/mol. The zero-order valence-electron chi connectivity index (χ0n) is 9.96. The van der Waals surface area contributed by atoms with E-state index < -0.39 is 0 Å². The van der Waals surface area contributed by atoms with Crippen LogP contribution in [0.5, 0.6) is 0 Å². The van der Waals surface area contributed by atoms with Crippen LogP contribution in [0.3, 0.4) is 0 Å². The summed E-state index contributed by atoms with van der Waals surface area (Å²) in [5.74, 6) is 1.18. The summed E-state index contributed by atoms with van der Waals surface area (Å²) in [6, 6.07) is 0.300. The van der Waals surface area contributed by atoms with Crippen LogP contribution >= 0.6 is 0 Å². The topological polar surface area (TPSA) is 55.1 Å². The van der Waals surface area contributed by atoms with Crippen LogP contribution in [0.1, 0.15) is 46.0 Å². The normalized spacial score (nSPS) is 27.7. The van der Waals surface area contributed by atoms with Crippen molar-refractivity contribution < 1.29 is 4.79 Å². The van der Waals surface area contributed by atoms with E-state index >= 15 is 0 Å². The molecule has 0 radical (unpaired) electrons. The molecule has 1 rings (SSSR count). The van der Waals surface area contributed by atoms with Gasteiger partial charge in [-0.25, -0.2) is 0 Å². The molecule has 0 aliphatic heterocycles. The molecule has 0 spiro atoms. The highest BCUT2D eigenvalue weighted by Crippen LogP contribution is 2.23. The van der Waals surface area contributed by atoms with Crippen molar-refractivity contribution in [2.45, 2.75) is 52.0 Å². The molecule has 1 saturated carbocycles. The Morgan fingerprint density at radius 2 is 2.27 bits per heavy atom. The maximum absolute atomic E-state index is 11.5. The van der Waals surface area contributed by atoms with Gasteiger partial charge in [-0.2, -0.15) is 0 Å². The van der Waals surface area contributed by atoms with Gasteiger partial charge in [0.1, 0.15) is 0 Å². The summed E-state index contributed by atoms with van der Waals surface area (Å²) < 4.78 is 0. The van der Waals surface area contributed by atoms with Gasteiger partial charge in [-0.3, -0.25) is 4.79 Å². The number of amides is 1. The Hall–Kier alpha value is -0.570. The van der Waals surface area contributed by atoms with Gasteiger partial charge in [-0.15, -0.1) is 0 Å². The Morgan fingerprint density at radius 3 is 2.80 bits per heavy atom. The second-order valence-electron chi connectivity index (χ2n) is 4.88. The van der Waals surface area contributed by atoms with Gasteiger partial charge in [0.2, 0.25) is 5.91 Å². The summed E-state index contributed by atoms with van der Waals surface area (Å²) in [4.78, 5) is 11.5. The molecule has 0 aromatic rings. The molecule has 1 amide bonds. The van der Waals surface area contributed by atoms with Crippen LogP contribution in [-0.2, 0) is 4.79 Å². The van der Waals surface area contributed by atoms with E-state index in [9.17, 15) is 4.79 Å². The molecule has 3 nitrogen and oxygen atoms in total. The lowest BCUT2D eigenvalue weighted by atomic mass is 10.0. The van der Waals surface area contributed by atoms with Gasteiger partial charge in [-0.1, -0.05) is 26.7 Å². The minimum absolute atomic E-state index is 0.184. The standard InChI is InChI=1S/C12H24N2O/c1-3-9(2)7-12(15)14-8-10-5-4-6-11(10)13/h9-11H,3-8,13H2,1-2H3,(H,14,15). The molecule has 3 atom stereocenters. The molecule has 3 N–H and O–H groups in total. The number of rotatable bonds is 5. The van der Waals surface area contributed by atoms with Crippen LogP contribution in [0.15, 0.2) is 0 Å². The van der Waals surface area contributed by atoms with Gasteiger partial charge in [0.15, 0.2) is 0 Å². The highest BCUT2D eigenvalue weighted by atomic mass is 16.1. The molecule has 1 fully saturated rings. The summed E-state index contributed by atoms with van der Waals surface area (Å²) in [6.45, 7) is 5.00. The van der Waals surface area contributed by atoms with Crippen molar-refractivity contribution in [1.82, 2.24) is 5.32 Å². The average Bonchev–Trinajstić information content (AvgIpc) is 2.61. The van der Waals surface area contributed by atoms with E-state index in [1.54, 1.807) is 0 Å². The average molecular weight is 212 g/mol. The number of carbonyl (C=O) groups excluding carboxylic acids is 1. The van der Waals surface area contributed by atoms with E-state index in [1.165, 1.54) is 12.8 Å². The molecule has 0 aromatic carbocycles. The van der Waals surface area contributed by atoms with Gasteiger partial charge < -0.3 is 11.1 Å². The Labute approximate surface area is 92.8 Å². The third-order valence-corrected chi connectivity index (χ3v) is 3.51. The summed E-state index contributed by atoms with van der Waals surface area (Å²) in [6.07, 6.45) is 5.22. The van der Waals surface area contributed by atoms with E-state index in [0.29, 0.717) is 24.3 Å². The van der Waals surface area contributed by atoms with E-state index in [2.05, 4.69) is 19.2 Å². The Bertz CT molecular complexity index is 206.